The summed E-state index contributed by atoms with van der Waals surface area (Å²) in [6, 6.07) is 27.5. The van der Waals surface area contributed by atoms with E-state index in [1.54, 1.807) is 11.1 Å². The normalized spacial score (nSPS) is 24.7. The van der Waals surface area contributed by atoms with E-state index in [9.17, 15) is 0 Å². The first-order valence-corrected chi connectivity index (χ1v) is 19.1. The molecule has 0 nitrogen and oxygen atoms in total. The Morgan fingerprint density at radius 2 is 1.42 bits per heavy atom. The van der Waals surface area contributed by atoms with Gasteiger partial charge < -0.3 is 0 Å². The summed E-state index contributed by atoms with van der Waals surface area (Å²) in [5.74, 6) is 2.34. The van der Waals surface area contributed by atoms with Crippen LogP contribution in [0, 0.1) is 23.7 Å². The van der Waals surface area contributed by atoms with Crippen molar-refractivity contribution in [3.05, 3.63) is 165 Å². The molecule has 0 saturated carbocycles. The summed E-state index contributed by atoms with van der Waals surface area (Å²) in [6.07, 6.45) is 38.7. The van der Waals surface area contributed by atoms with Crippen LogP contribution in [0.5, 0.6) is 0 Å². The fourth-order valence-corrected chi connectivity index (χ4v) is 10.1. The summed E-state index contributed by atoms with van der Waals surface area (Å²) in [5.41, 5.74) is 11.5. The molecular weight excluding hydrogens is 601 g/mol. The molecular formula is C50H44. The van der Waals surface area contributed by atoms with Crippen molar-refractivity contribution in [3.63, 3.8) is 0 Å². The van der Waals surface area contributed by atoms with Gasteiger partial charge in [-0.25, -0.2) is 0 Å². The van der Waals surface area contributed by atoms with Gasteiger partial charge in [-0.3, -0.25) is 0 Å². The van der Waals surface area contributed by atoms with E-state index in [1.807, 2.05) is 0 Å². The van der Waals surface area contributed by atoms with Crippen LogP contribution < -0.4 is 20.9 Å². The first-order chi connectivity index (χ1) is 24.8. The molecule has 0 spiro atoms. The third-order valence-corrected chi connectivity index (χ3v) is 12.4. The van der Waals surface area contributed by atoms with E-state index in [0.29, 0.717) is 17.8 Å². The van der Waals surface area contributed by atoms with Gasteiger partial charge in [0.2, 0.25) is 0 Å². The van der Waals surface area contributed by atoms with Crippen molar-refractivity contribution in [2.75, 3.05) is 0 Å². The molecule has 0 fully saturated rings. The predicted octanol–water partition coefficient (Wildman–Crippen LogP) is 9.73. The van der Waals surface area contributed by atoms with Crippen molar-refractivity contribution in [1.82, 2.24) is 0 Å². The van der Waals surface area contributed by atoms with E-state index in [4.69, 9.17) is 0 Å². The van der Waals surface area contributed by atoms with E-state index >= 15 is 0 Å². The van der Waals surface area contributed by atoms with Crippen LogP contribution in [0.4, 0.5) is 0 Å². The van der Waals surface area contributed by atoms with Crippen molar-refractivity contribution < 1.29 is 0 Å². The molecule has 0 saturated heterocycles. The molecule has 244 valence electrons. The second-order valence-electron chi connectivity index (χ2n) is 15.3. The van der Waals surface area contributed by atoms with Crippen LogP contribution in [0.3, 0.4) is 0 Å². The maximum absolute atomic E-state index is 2.59. The lowest BCUT2D eigenvalue weighted by molar-refractivity contribution is 0.442. The Morgan fingerprint density at radius 1 is 0.600 bits per heavy atom. The highest BCUT2D eigenvalue weighted by molar-refractivity contribution is 6.05. The monoisotopic (exact) mass is 644 g/mol. The fourth-order valence-electron chi connectivity index (χ4n) is 10.1. The van der Waals surface area contributed by atoms with Gasteiger partial charge in [-0.15, -0.1) is 0 Å². The average Bonchev–Trinajstić information content (AvgIpc) is 3.19. The van der Waals surface area contributed by atoms with Gasteiger partial charge in [-0.1, -0.05) is 146 Å². The molecule has 4 unspecified atom stereocenters. The lowest BCUT2D eigenvalue weighted by Gasteiger charge is -2.33. The predicted molar refractivity (Wildman–Crippen MR) is 213 cm³/mol. The van der Waals surface area contributed by atoms with Crippen LogP contribution in [0.2, 0.25) is 0 Å². The van der Waals surface area contributed by atoms with E-state index in [0.717, 1.165) is 38.0 Å². The maximum Gasteiger partial charge on any atom is -0.00236 e. The highest BCUT2D eigenvalue weighted by Crippen LogP contribution is 2.43. The molecule has 0 heterocycles. The zero-order valence-electron chi connectivity index (χ0n) is 28.8. The molecule has 0 radical (unpaired) electrons. The molecule has 6 aliphatic carbocycles. The summed E-state index contributed by atoms with van der Waals surface area (Å²) in [7, 11) is 0. The van der Waals surface area contributed by atoms with Crippen LogP contribution in [0.15, 0.2) is 133 Å². The third kappa shape index (κ3) is 5.03. The molecule has 10 rings (SSSR count). The second kappa shape index (κ2) is 12.4. The summed E-state index contributed by atoms with van der Waals surface area (Å²) >= 11 is 0. The average molecular weight is 645 g/mol. The van der Waals surface area contributed by atoms with Crippen molar-refractivity contribution in [2.45, 2.75) is 51.4 Å². The zero-order chi connectivity index (χ0) is 33.0. The number of allylic oxidation sites excluding steroid dienone is 12. The molecule has 50 heavy (non-hydrogen) atoms. The first-order valence-electron chi connectivity index (χ1n) is 19.1. The van der Waals surface area contributed by atoms with E-state index in [-0.39, 0.29) is 0 Å². The Kier molecular flexibility index (Phi) is 7.44. The van der Waals surface area contributed by atoms with Crippen molar-refractivity contribution in [1.29, 1.82) is 0 Å². The van der Waals surface area contributed by atoms with Gasteiger partial charge in [0.1, 0.15) is 0 Å². The molecule has 0 N–H and O–H groups in total. The molecule has 4 aromatic carbocycles. The summed E-state index contributed by atoms with van der Waals surface area (Å²) in [6.45, 7) is 0. The number of hydrogen-bond acceptors (Lipinski definition) is 0. The molecule has 0 heteroatoms. The van der Waals surface area contributed by atoms with Crippen LogP contribution in [-0.4, -0.2) is 0 Å². The molecule has 0 aromatic heterocycles. The van der Waals surface area contributed by atoms with E-state index < -0.39 is 0 Å². The van der Waals surface area contributed by atoms with E-state index in [1.165, 1.54) is 84.3 Å². The first kappa shape index (κ1) is 29.9. The van der Waals surface area contributed by atoms with Gasteiger partial charge >= 0.3 is 0 Å². The molecule has 0 aliphatic heterocycles. The zero-order valence-corrected chi connectivity index (χ0v) is 28.8. The van der Waals surface area contributed by atoms with E-state index in [2.05, 4.69) is 146 Å². The van der Waals surface area contributed by atoms with Gasteiger partial charge in [0.25, 0.3) is 0 Å². The third-order valence-electron chi connectivity index (χ3n) is 12.4. The minimum atomic E-state index is 0.456. The Morgan fingerprint density at radius 3 is 2.26 bits per heavy atom. The highest BCUT2D eigenvalue weighted by atomic mass is 14.3. The Labute approximate surface area is 296 Å². The standard InChI is InChI=1S/C50H44/c1-3-14-33(15-4-1)38-29-39(34-16-5-2-6-17-34)31-40(30-38)49-44-20-9-11-22-46(44)50(47-23-12-10-21-45(47)49)43-25-13-24-41-42(43)27-26-37-28-35-18-7-8-19-36(35)32-48(37)41/h1-6,8-9,11,13-16,19-25,27,29-30,32,34-35,37,39H,7,10,12,17-18,26,28,31H2. The lowest BCUT2D eigenvalue weighted by atomic mass is 9.71. The Balaban J connectivity index is 1.21. The molecule has 4 aromatic rings. The van der Waals surface area contributed by atoms with Gasteiger partial charge in [-0.2, -0.15) is 0 Å². The highest BCUT2D eigenvalue weighted by Gasteiger charge is 2.30. The minimum absolute atomic E-state index is 0.456. The molecule has 4 atom stereocenters. The largest absolute Gasteiger partial charge is 0.0842 e. The van der Waals surface area contributed by atoms with Crippen LogP contribution in [0.1, 0.15) is 62.5 Å². The topological polar surface area (TPSA) is 0 Å². The number of benzene rings is 4. The van der Waals surface area contributed by atoms with Crippen molar-refractivity contribution >= 4 is 45.7 Å². The number of rotatable bonds is 4. The van der Waals surface area contributed by atoms with Gasteiger partial charge in [-0.05, 0) is 151 Å². The number of fused-ring (bicyclic) bond motifs is 5. The maximum atomic E-state index is 2.59. The fraction of sp³-hybridized carbons (Fsp3) is 0.240. The van der Waals surface area contributed by atoms with Crippen LogP contribution in [-0.2, 0) is 0 Å². The number of hydrogen-bond donors (Lipinski definition) is 0. The quantitative estimate of drug-likeness (QED) is 0.208. The minimum Gasteiger partial charge on any atom is -0.0842 e. The summed E-state index contributed by atoms with van der Waals surface area (Å²) < 4.78 is 0. The Bertz CT molecular complexity index is 2490. The molecule has 6 aliphatic rings. The molecule has 0 amide bonds. The summed E-state index contributed by atoms with van der Waals surface area (Å²) in [5, 5.41) is 8.54. The van der Waals surface area contributed by atoms with Crippen molar-refractivity contribution in [2.24, 2.45) is 23.7 Å². The van der Waals surface area contributed by atoms with Gasteiger partial charge in [0.05, 0.1) is 0 Å². The van der Waals surface area contributed by atoms with Gasteiger partial charge in [0, 0.05) is 0 Å². The molecule has 0 bridgehead atoms. The van der Waals surface area contributed by atoms with Crippen LogP contribution in [0.25, 0.3) is 56.8 Å². The van der Waals surface area contributed by atoms with Gasteiger partial charge in [0.15, 0.2) is 0 Å². The van der Waals surface area contributed by atoms with Crippen LogP contribution >= 0.6 is 0 Å². The van der Waals surface area contributed by atoms with Crippen molar-refractivity contribution in [3.8, 4) is 11.1 Å². The SMILES string of the molecule is C1=CCC(C2C=C(c3ccccc3)C=C(c3c4c(c(-c5cccc6c5=CCC5CC7CCC=CC7=CC=65)c5ccccc35)=CCCC=4)C2)C=C1. The second-order valence-corrected chi connectivity index (χ2v) is 15.3. The smallest absolute Gasteiger partial charge is 0.00236 e. The Hall–Kier alpha value is -4.94. The lowest BCUT2D eigenvalue weighted by Crippen LogP contribution is -2.39. The summed E-state index contributed by atoms with van der Waals surface area (Å²) in [4.78, 5) is 0.